The number of rotatable bonds is 6. The lowest BCUT2D eigenvalue weighted by Gasteiger charge is -2.30. The van der Waals surface area contributed by atoms with Crippen molar-refractivity contribution in [1.29, 1.82) is 5.26 Å². The average molecular weight is 326 g/mol. The SMILES string of the molecule is N#CCCCOC(=O)C1CCN(C(=O)/C=C/c2ccccc2)CC1. The van der Waals surface area contributed by atoms with Crippen molar-refractivity contribution >= 4 is 18.0 Å². The molecule has 0 N–H and O–H groups in total. The summed E-state index contributed by atoms with van der Waals surface area (Å²) in [5, 5.41) is 8.44. The molecule has 1 aromatic carbocycles. The molecule has 0 atom stereocenters. The quantitative estimate of drug-likeness (QED) is 0.458. The summed E-state index contributed by atoms with van der Waals surface area (Å²) in [6.07, 6.45) is 5.61. The second-order valence-corrected chi connectivity index (χ2v) is 5.77. The molecule has 126 valence electrons. The van der Waals surface area contributed by atoms with Crippen molar-refractivity contribution in [3.63, 3.8) is 0 Å². The van der Waals surface area contributed by atoms with Crippen LogP contribution in [0.25, 0.3) is 6.08 Å². The van der Waals surface area contributed by atoms with Crippen molar-refractivity contribution in [3.05, 3.63) is 42.0 Å². The lowest BCUT2D eigenvalue weighted by molar-refractivity contribution is -0.151. The van der Waals surface area contributed by atoms with Crippen LogP contribution in [0.3, 0.4) is 0 Å². The van der Waals surface area contributed by atoms with Crippen molar-refractivity contribution < 1.29 is 14.3 Å². The van der Waals surface area contributed by atoms with E-state index in [4.69, 9.17) is 10.00 Å². The minimum Gasteiger partial charge on any atom is -0.465 e. The predicted molar refractivity (Wildman–Crippen MR) is 90.6 cm³/mol. The van der Waals surface area contributed by atoms with Crippen molar-refractivity contribution in [2.75, 3.05) is 19.7 Å². The Bertz CT molecular complexity index is 611. The van der Waals surface area contributed by atoms with Crippen LogP contribution in [-0.4, -0.2) is 36.5 Å². The Morgan fingerprint density at radius 3 is 2.62 bits per heavy atom. The smallest absolute Gasteiger partial charge is 0.309 e. The zero-order valence-electron chi connectivity index (χ0n) is 13.7. The van der Waals surface area contributed by atoms with Gasteiger partial charge in [0.1, 0.15) is 0 Å². The molecule has 0 saturated carbocycles. The largest absolute Gasteiger partial charge is 0.465 e. The lowest BCUT2D eigenvalue weighted by Crippen LogP contribution is -2.39. The number of carbonyl (C=O) groups is 2. The fourth-order valence-corrected chi connectivity index (χ4v) is 2.61. The summed E-state index contributed by atoms with van der Waals surface area (Å²) >= 11 is 0. The maximum atomic E-state index is 12.2. The van der Waals surface area contributed by atoms with E-state index in [1.165, 1.54) is 0 Å². The van der Waals surface area contributed by atoms with Crippen LogP contribution in [-0.2, 0) is 14.3 Å². The highest BCUT2D eigenvalue weighted by atomic mass is 16.5. The van der Waals surface area contributed by atoms with E-state index in [2.05, 4.69) is 0 Å². The molecule has 1 aromatic rings. The van der Waals surface area contributed by atoms with E-state index in [-0.39, 0.29) is 17.8 Å². The molecule has 0 radical (unpaired) electrons. The van der Waals surface area contributed by atoms with E-state index in [9.17, 15) is 9.59 Å². The molecular formula is C19H22N2O3. The number of benzene rings is 1. The zero-order valence-corrected chi connectivity index (χ0v) is 13.7. The topological polar surface area (TPSA) is 70.4 Å². The van der Waals surface area contributed by atoms with E-state index in [1.54, 1.807) is 17.1 Å². The number of nitrogens with zero attached hydrogens (tertiary/aromatic N) is 2. The van der Waals surface area contributed by atoms with Crippen LogP contribution in [0.2, 0.25) is 0 Å². The lowest BCUT2D eigenvalue weighted by atomic mass is 9.97. The van der Waals surface area contributed by atoms with Crippen molar-refractivity contribution in [3.8, 4) is 6.07 Å². The van der Waals surface area contributed by atoms with Crippen LogP contribution in [0.1, 0.15) is 31.2 Å². The average Bonchev–Trinajstić information content (AvgIpc) is 2.64. The van der Waals surface area contributed by atoms with Crippen LogP contribution in [0.5, 0.6) is 0 Å². The fraction of sp³-hybridized carbons (Fsp3) is 0.421. The van der Waals surface area contributed by atoms with Gasteiger partial charge in [0.2, 0.25) is 5.91 Å². The molecule has 0 aromatic heterocycles. The van der Waals surface area contributed by atoms with Gasteiger partial charge in [-0.2, -0.15) is 5.26 Å². The number of carbonyl (C=O) groups excluding carboxylic acids is 2. The van der Waals surface area contributed by atoms with Gasteiger partial charge in [-0.05, 0) is 30.9 Å². The number of esters is 1. The zero-order chi connectivity index (χ0) is 17.2. The van der Waals surface area contributed by atoms with E-state index in [0.717, 1.165) is 5.56 Å². The molecule has 0 bridgehead atoms. The summed E-state index contributed by atoms with van der Waals surface area (Å²) in [6.45, 7) is 1.43. The van der Waals surface area contributed by atoms with Crippen LogP contribution < -0.4 is 0 Å². The van der Waals surface area contributed by atoms with Crippen molar-refractivity contribution in [2.24, 2.45) is 5.92 Å². The van der Waals surface area contributed by atoms with Crippen LogP contribution in [0.15, 0.2) is 36.4 Å². The van der Waals surface area contributed by atoms with Gasteiger partial charge >= 0.3 is 5.97 Å². The highest BCUT2D eigenvalue weighted by molar-refractivity contribution is 5.92. The molecule has 1 amide bonds. The monoisotopic (exact) mass is 326 g/mol. The van der Waals surface area contributed by atoms with Crippen LogP contribution in [0.4, 0.5) is 0 Å². The summed E-state index contributed by atoms with van der Waals surface area (Å²) in [5.74, 6) is -0.381. The third kappa shape index (κ3) is 5.54. The summed E-state index contributed by atoms with van der Waals surface area (Å²) in [5.41, 5.74) is 0.988. The predicted octanol–water partition coefficient (Wildman–Crippen LogP) is 2.79. The summed E-state index contributed by atoms with van der Waals surface area (Å²) in [6, 6.07) is 11.7. The standard InChI is InChI=1S/C19H22N2O3/c20-12-4-5-15-24-19(23)17-10-13-21(14-11-17)18(22)9-8-16-6-2-1-3-7-16/h1-3,6-9,17H,4-5,10-11,13-15H2/b9-8+. The second kappa shape index (κ2) is 9.51. The molecule has 24 heavy (non-hydrogen) atoms. The molecule has 0 spiro atoms. The number of nitriles is 1. The summed E-state index contributed by atoms with van der Waals surface area (Å²) in [7, 11) is 0. The van der Waals surface area contributed by atoms with Gasteiger partial charge in [-0.3, -0.25) is 9.59 Å². The number of amides is 1. The fourth-order valence-electron chi connectivity index (χ4n) is 2.61. The van der Waals surface area contributed by atoms with Gasteiger partial charge in [0, 0.05) is 25.6 Å². The Hall–Kier alpha value is -2.61. The number of unbranched alkanes of at least 4 members (excludes halogenated alkanes) is 1. The molecule has 1 heterocycles. The number of piperidine rings is 1. The molecule has 1 fully saturated rings. The number of hydrogen-bond donors (Lipinski definition) is 0. The van der Waals surface area contributed by atoms with Gasteiger partial charge in [0.05, 0.1) is 18.6 Å². The van der Waals surface area contributed by atoms with E-state index in [0.29, 0.717) is 45.4 Å². The maximum Gasteiger partial charge on any atom is 0.309 e. The summed E-state index contributed by atoms with van der Waals surface area (Å²) < 4.78 is 5.18. The van der Waals surface area contributed by atoms with E-state index < -0.39 is 0 Å². The van der Waals surface area contributed by atoms with Gasteiger partial charge in [0.15, 0.2) is 0 Å². The summed E-state index contributed by atoms with van der Waals surface area (Å²) in [4.78, 5) is 25.9. The first kappa shape index (κ1) is 17.7. The van der Waals surface area contributed by atoms with Gasteiger partial charge in [0.25, 0.3) is 0 Å². The Labute approximate surface area is 142 Å². The number of hydrogen-bond acceptors (Lipinski definition) is 4. The van der Waals surface area contributed by atoms with Gasteiger partial charge < -0.3 is 9.64 Å². The Kier molecular flexibility index (Phi) is 7.03. The Morgan fingerprint density at radius 1 is 1.25 bits per heavy atom. The van der Waals surface area contributed by atoms with Crippen LogP contribution >= 0.6 is 0 Å². The second-order valence-electron chi connectivity index (χ2n) is 5.77. The molecule has 0 aliphatic carbocycles. The van der Waals surface area contributed by atoms with Crippen molar-refractivity contribution in [2.45, 2.75) is 25.7 Å². The minimum absolute atomic E-state index is 0.0281. The molecule has 1 saturated heterocycles. The van der Waals surface area contributed by atoms with Crippen LogP contribution in [0, 0.1) is 17.2 Å². The normalized spacial score (nSPS) is 15.2. The molecule has 0 unspecified atom stereocenters. The third-order valence-corrected chi connectivity index (χ3v) is 4.04. The molecule has 5 heteroatoms. The van der Waals surface area contributed by atoms with E-state index >= 15 is 0 Å². The van der Waals surface area contributed by atoms with Gasteiger partial charge in [-0.1, -0.05) is 30.3 Å². The Balaban J connectivity index is 1.74. The highest BCUT2D eigenvalue weighted by Crippen LogP contribution is 2.19. The molecule has 5 nitrogen and oxygen atoms in total. The maximum absolute atomic E-state index is 12.2. The molecule has 2 rings (SSSR count). The Morgan fingerprint density at radius 2 is 1.96 bits per heavy atom. The van der Waals surface area contributed by atoms with Gasteiger partial charge in [-0.15, -0.1) is 0 Å². The third-order valence-electron chi connectivity index (χ3n) is 4.04. The molecule has 1 aliphatic heterocycles. The first-order valence-electron chi connectivity index (χ1n) is 8.26. The highest BCUT2D eigenvalue weighted by Gasteiger charge is 2.27. The minimum atomic E-state index is -0.208. The molecular weight excluding hydrogens is 304 g/mol. The first-order chi connectivity index (χ1) is 11.7. The molecule has 1 aliphatic rings. The van der Waals surface area contributed by atoms with Gasteiger partial charge in [-0.25, -0.2) is 0 Å². The first-order valence-corrected chi connectivity index (χ1v) is 8.26. The van der Waals surface area contributed by atoms with Crippen molar-refractivity contribution in [1.82, 2.24) is 4.90 Å². The number of likely N-dealkylation sites (tertiary alicyclic amines) is 1. The van der Waals surface area contributed by atoms with E-state index in [1.807, 2.05) is 36.4 Å². The number of ether oxygens (including phenoxy) is 1.